The Morgan fingerprint density at radius 2 is 2.07 bits per heavy atom. The number of methoxy groups -OCH3 is 1. The van der Waals surface area contributed by atoms with Gasteiger partial charge in [0.05, 0.1) is 18.9 Å². The standard InChI is InChI=1S/C20H20N4O4/c1-3-18-22-23(20(26)15-10-17-14(24(15)18)8-9-28-17)12-19(25)21-11-13-6-4-5-7-16(13)27-2/h4-10H,3,11-12H2,1-2H3,(H,21,25). The van der Waals surface area contributed by atoms with Gasteiger partial charge in [-0.25, -0.2) is 4.68 Å². The van der Waals surface area contributed by atoms with Gasteiger partial charge in [0.2, 0.25) is 5.91 Å². The van der Waals surface area contributed by atoms with Crippen LogP contribution in [0.1, 0.15) is 18.3 Å². The van der Waals surface area contributed by atoms with Gasteiger partial charge in [-0.2, -0.15) is 5.10 Å². The van der Waals surface area contributed by atoms with E-state index in [1.54, 1.807) is 29.9 Å². The van der Waals surface area contributed by atoms with E-state index in [2.05, 4.69) is 10.4 Å². The maximum absolute atomic E-state index is 12.8. The van der Waals surface area contributed by atoms with Crippen molar-refractivity contribution in [1.29, 1.82) is 0 Å². The first kappa shape index (κ1) is 17.8. The molecule has 0 aliphatic heterocycles. The molecule has 8 heteroatoms. The van der Waals surface area contributed by atoms with Crippen LogP contribution in [0.4, 0.5) is 0 Å². The van der Waals surface area contributed by atoms with Crippen LogP contribution in [0, 0.1) is 0 Å². The summed E-state index contributed by atoms with van der Waals surface area (Å²) in [5, 5.41) is 7.20. The van der Waals surface area contributed by atoms with Crippen LogP contribution < -0.4 is 15.6 Å². The molecule has 0 fully saturated rings. The zero-order valence-corrected chi connectivity index (χ0v) is 15.6. The number of fused-ring (bicyclic) bond motifs is 3. The van der Waals surface area contributed by atoms with E-state index >= 15 is 0 Å². The first-order chi connectivity index (χ1) is 13.6. The van der Waals surface area contributed by atoms with Crippen LogP contribution in [0.15, 0.2) is 51.9 Å². The Labute approximate surface area is 160 Å². The van der Waals surface area contributed by atoms with Gasteiger partial charge < -0.3 is 14.5 Å². The summed E-state index contributed by atoms with van der Waals surface area (Å²) < 4.78 is 13.7. The summed E-state index contributed by atoms with van der Waals surface area (Å²) in [4.78, 5) is 25.2. The van der Waals surface area contributed by atoms with Crippen molar-refractivity contribution in [3.63, 3.8) is 0 Å². The number of para-hydroxylation sites is 1. The number of furan rings is 1. The molecule has 1 amide bonds. The van der Waals surface area contributed by atoms with Gasteiger partial charge in [-0.1, -0.05) is 25.1 Å². The van der Waals surface area contributed by atoms with Crippen molar-refractivity contribution >= 4 is 22.5 Å². The molecular formula is C20H20N4O4. The number of hydrogen-bond donors (Lipinski definition) is 1. The Bertz CT molecular complexity index is 1220. The summed E-state index contributed by atoms with van der Waals surface area (Å²) in [6.07, 6.45) is 2.18. The molecule has 28 heavy (non-hydrogen) atoms. The third-order valence-corrected chi connectivity index (χ3v) is 4.65. The summed E-state index contributed by atoms with van der Waals surface area (Å²) in [5.41, 5.74) is 2.38. The van der Waals surface area contributed by atoms with E-state index in [9.17, 15) is 9.59 Å². The van der Waals surface area contributed by atoms with Gasteiger partial charge in [0.1, 0.15) is 23.6 Å². The molecule has 144 valence electrons. The van der Waals surface area contributed by atoms with Crippen LogP contribution in [0.5, 0.6) is 5.75 Å². The Morgan fingerprint density at radius 3 is 2.86 bits per heavy atom. The number of carbonyl (C=O) groups is 1. The van der Waals surface area contributed by atoms with E-state index in [0.717, 1.165) is 11.1 Å². The fourth-order valence-corrected chi connectivity index (χ4v) is 3.29. The normalized spacial score (nSPS) is 11.2. The number of hydrogen-bond acceptors (Lipinski definition) is 5. The summed E-state index contributed by atoms with van der Waals surface area (Å²) in [7, 11) is 1.58. The van der Waals surface area contributed by atoms with E-state index in [1.165, 1.54) is 4.68 Å². The molecule has 0 saturated carbocycles. The number of nitrogens with zero attached hydrogens (tertiary/aromatic N) is 3. The largest absolute Gasteiger partial charge is 0.496 e. The quantitative estimate of drug-likeness (QED) is 0.553. The molecule has 0 atom stereocenters. The lowest BCUT2D eigenvalue weighted by Crippen LogP contribution is -2.35. The highest BCUT2D eigenvalue weighted by Crippen LogP contribution is 2.20. The minimum atomic E-state index is -0.337. The molecule has 0 unspecified atom stereocenters. The molecule has 1 N–H and O–H groups in total. The van der Waals surface area contributed by atoms with Crippen molar-refractivity contribution in [2.75, 3.05) is 7.11 Å². The lowest BCUT2D eigenvalue weighted by molar-refractivity contribution is -0.122. The Hall–Kier alpha value is -3.55. The zero-order chi connectivity index (χ0) is 19.7. The SMILES string of the molecule is CCc1nn(CC(=O)NCc2ccccc2OC)c(=O)c2cc3occc3n12. The van der Waals surface area contributed by atoms with Crippen LogP contribution in [-0.2, 0) is 24.3 Å². The third kappa shape index (κ3) is 3.02. The molecule has 0 spiro atoms. The molecule has 4 rings (SSSR count). The minimum Gasteiger partial charge on any atom is -0.496 e. The van der Waals surface area contributed by atoms with Gasteiger partial charge in [0.25, 0.3) is 5.56 Å². The van der Waals surface area contributed by atoms with Gasteiger partial charge in [0.15, 0.2) is 5.58 Å². The van der Waals surface area contributed by atoms with Crippen molar-refractivity contribution in [1.82, 2.24) is 19.5 Å². The highest BCUT2D eigenvalue weighted by molar-refractivity contribution is 5.82. The van der Waals surface area contributed by atoms with Gasteiger partial charge in [-0.15, -0.1) is 0 Å². The maximum atomic E-state index is 12.8. The molecule has 0 aliphatic rings. The first-order valence-corrected chi connectivity index (χ1v) is 8.99. The number of aryl methyl sites for hydroxylation is 1. The average Bonchev–Trinajstić information content (AvgIpc) is 3.30. The number of benzene rings is 1. The van der Waals surface area contributed by atoms with Crippen molar-refractivity contribution in [3.8, 4) is 5.75 Å². The number of carbonyl (C=O) groups excluding carboxylic acids is 1. The minimum absolute atomic E-state index is 0.163. The van der Waals surface area contributed by atoms with Crippen LogP contribution in [0.25, 0.3) is 16.6 Å². The maximum Gasteiger partial charge on any atom is 0.291 e. The average molecular weight is 380 g/mol. The number of amides is 1. The highest BCUT2D eigenvalue weighted by atomic mass is 16.5. The molecule has 0 aliphatic carbocycles. The summed E-state index contributed by atoms with van der Waals surface area (Å²) >= 11 is 0. The molecule has 3 aromatic heterocycles. The fraction of sp³-hybridized carbons (Fsp3) is 0.250. The molecule has 3 heterocycles. The van der Waals surface area contributed by atoms with E-state index in [4.69, 9.17) is 9.15 Å². The second-order valence-electron chi connectivity index (χ2n) is 6.36. The molecule has 1 aromatic carbocycles. The van der Waals surface area contributed by atoms with Crippen molar-refractivity contribution < 1.29 is 13.9 Å². The van der Waals surface area contributed by atoms with Gasteiger partial charge in [-0.3, -0.25) is 14.0 Å². The second kappa shape index (κ2) is 7.22. The summed E-state index contributed by atoms with van der Waals surface area (Å²) in [5.74, 6) is 1.08. The third-order valence-electron chi connectivity index (χ3n) is 4.65. The Balaban J connectivity index is 1.60. The number of ether oxygens (including phenoxy) is 1. The van der Waals surface area contributed by atoms with E-state index in [1.807, 2.05) is 31.2 Å². The van der Waals surface area contributed by atoms with Crippen molar-refractivity contribution in [3.05, 3.63) is 64.4 Å². The van der Waals surface area contributed by atoms with Crippen molar-refractivity contribution in [2.45, 2.75) is 26.4 Å². The molecular weight excluding hydrogens is 360 g/mol. The van der Waals surface area contributed by atoms with Crippen molar-refractivity contribution in [2.24, 2.45) is 0 Å². The van der Waals surface area contributed by atoms with E-state index in [-0.39, 0.29) is 18.0 Å². The second-order valence-corrected chi connectivity index (χ2v) is 6.36. The molecule has 8 nitrogen and oxygen atoms in total. The predicted molar refractivity (Wildman–Crippen MR) is 103 cm³/mol. The van der Waals surface area contributed by atoms with Crippen LogP contribution in [-0.4, -0.2) is 27.2 Å². The molecule has 0 radical (unpaired) electrons. The summed E-state index contributed by atoms with van der Waals surface area (Å²) in [6, 6.07) is 10.9. The number of aromatic nitrogens is 3. The topological polar surface area (TPSA) is 90.8 Å². The summed E-state index contributed by atoms with van der Waals surface area (Å²) in [6.45, 7) is 2.09. The molecule has 0 saturated heterocycles. The molecule has 4 aromatic rings. The Kier molecular flexibility index (Phi) is 4.60. The monoisotopic (exact) mass is 380 g/mol. The smallest absolute Gasteiger partial charge is 0.291 e. The fourth-order valence-electron chi connectivity index (χ4n) is 3.29. The van der Waals surface area contributed by atoms with E-state index in [0.29, 0.717) is 35.6 Å². The van der Waals surface area contributed by atoms with Crippen LogP contribution in [0.3, 0.4) is 0 Å². The highest BCUT2D eigenvalue weighted by Gasteiger charge is 2.16. The lowest BCUT2D eigenvalue weighted by Gasteiger charge is -2.11. The lowest BCUT2D eigenvalue weighted by atomic mass is 10.2. The number of rotatable bonds is 6. The van der Waals surface area contributed by atoms with Gasteiger partial charge in [0, 0.05) is 30.7 Å². The van der Waals surface area contributed by atoms with Gasteiger partial charge in [-0.05, 0) is 6.07 Å². The Morgan fingerprint density at radius 1 is 1.25 bits per heavy atom. The first-order valence-electron chi connectivity index (χ1n) is 8.99. The zero-order valence-electron chi connectivity index (χ0n) is 15.6. The molecule has 0 bridgehead atoms. The predicted octanol–water partition coefficient (Wildman–Crippen LogP) is 2.13. The number of nitrogens with one attached hydrogen (secondary N) is 1. The van der Waals surface area contributed by atoms with Crippen LogP contribution >= 0.6 is 0 Å². The van der Waals surface area contributed by atoms with E-state index < -0.39 is 0 Å². The van der Waals surface area contributed by atoms with Crippen LogP contribution in [0.2, 0.25) is 0 Å². The van der Waals surface area contributed by atoms with Gasteiger partial charge >= 0.3 is 0 Å².